The topological polar surface area (TPSA) is 122 Å². The number of aromatic hydroxyl groups is 1. The number of phenols is 1. The average molecular weight is 310 g/mol. The molecule has 122 valence electrons. The number of hydrogen-bond acceptors (Lipinski definition) is 5. The number of anilines is 1. The number of carbonyl (C=O) groups excluding carboxylic acids is 1. The van der Waals surface area contributed by atoms with E-state index in [-0.39, 0.29) is 18.7 Å². The van der Waals surface area contributed by atoms with Gasteiger partial charge >= 0.3 is 12.1 Å². The Balaban J connectivity index is 2.94. The summed E-state index contributed by atoms with van der Waals surface area (Å²) in [5.41, 5.74) is 5.71. The second-order valence-electron chi connectivity index (χ2n) is 5.93. The van der Waals surface area contributed by atoms with Gasteiger partial charge in [-0.05, 0) is 45.5 Å². The van der Waals surface area contributed by atoms with E-state index in [1.54, 1.807) is 20.8 Å². The molecule has 0 saturated heterocycles. The Morgan fingerprint density at radius 1 is 1.36 bits per heavy atom. The van der Waals surface area contributed by atoms with Gasteiger partial charge in [-0.15, -0.1) is 0 Å². The van der Waals surface area contributed by atoms with Crippen LogP contribution in [0, 0.1) is 0 Å². The van der Waals surface area contributed by atoms with E-state index in [1.165, 1.54) is 18.2 Å². The van der Waals surface area contributed by atoms with Crippen LogP contribution in [0.2, 0.25) is 0 Å². The van der Waals surface area contributed by atoms with E-state index in [1.807, 2.05) is 0 Å². The molecular weight excluding hydrogens is 288 g/mol. The largest absolute Gasteiger partial charge is 0.508 e. The Morgan fingerprint density at radius 2 is 2.00 bits per heavy atom. The molecule has 0 aromatic heterocycles. The number of phenolic OH excluding ortho intramolecular Hbond substituents is 1. The van der Waals surface area contributed by atoms with E-state index < -0.39 is 23.6 Å². The van der Waals surface area contributed by atoms with Gasteiger partial charge in [0.25, 0.3) is 0 Å². The van der Waals surface area contributed by atoms with Crippen molar-refractivity contribution in [2.45, 2.75) is 38.7 Å². The molecule has 1 aromatic rings. The summed E-state index contributed by atoms with van der Waals surface area (Å²) in [6, 6.07) is 4.38. The molecule has 1 amide bonds. The molecule has 1 unspecified atom stereocenters. The molecule has 5 N–H and O–H groups in total. The van der Waals surface area contributed by atoms with E-state index in [0.717, 1.165) is 0 Å². The van der Waals surface area contributed by atoms with Gasteiger partial charge in [0.15, 0.2) is 0 Å². The van der Waals surface area contributed by atoms with Gasteiger partial charge in [0.05, 0.1) is 6.42 Å². The van der Waals surface area contributed by atoms with Crippen LogP contribution in [0.5, 0.6) is 5.75 Å². The molecule has 0 bridgehead atoms. The van der Waals surface area contributed by atoms with Crippen LogP contribution < -0.4 is 11.1 Å². The van der Waals surface area contributed by atoms with Crippen molar-refractivity contribution in [3.63, 3.8) is 0 Å². The summed E-state index contributed by atoms with van der Waals surface area (Å²) in [5.74, 6) is -1.62. The molecule has 7 heteroatoms. The van der Waals surface area contributed by atoms with Crippen molar-refractivity contribution in [1.82, 2.24) is 0 Å². The summed E-state index contributed by atoms with van der Waals surface area (Å²) >= 11 is 0. The second kappa shape index (κ2) is 7.13. The van der Waals surface area contributed by atoms with Gasteiger partial charge < -0.3 is 20.7 Å². The van der Waals surface area contributed by atoms with Gasteiger partial charge in [-0.25, -0.2) is 4.79 Å². The smallest absolute Gasteiger partial charge is 0.412 e. The third-order valence-corrected chi connectivity index (χ3v) is 2.82. The van der Waals surface area contributed by atoms with Gasteiger partial charge in [-0.2, -0.15) is 0 Å². The van der Waals surface area contributed by atoms with Crippen LogP contribution in [0.3, 0.4) is 0 Å². The molecule has 0 aliphatic carbocycles. The van der Waals surface area contributed by atoms with Crippen LogP contribution in [0.4, 0.5) is 10.5 Å². The number of hydrogen-bond donors (Lipinski definition) is 4. The first kappa shape index (κ1) is 17.8. The fraction of sp³-hybridized carbons (Fsp3) is 0.467. The summed E-state index contributed by atoms with van der Waals surface area (Å²) in [6.07, 6.45) is -0.841. The van der Waals surface area contributed by atoms with Gasteiger partial charge in [0.1, 0.15) is 11.4 Å². The number of amides is 1. The molecule has 0 radical (unpaired) electrons. The molecule has 0 fully saturated rings. The average Bonchev–Trinajstić information content (AvgIpc) is 2.36. The van der Waals surface area contributed by atoms with Crippen molar-refractivity contribution >= 4 is 17.7 Å². The minimum Gasteiger partial charge on any atom is -0.508 e. The van der Waals surface area contributed by atoms with Gasteiger partial charge in [0, 0.05) is 17.2 Å². The Hall–Kier alpha value is -2.28. The zero-order chi connectivity index (χ0) is 16.9. The van der Waals surface area contributed by atoms with Crippen molar-refractivity contribution in [1.29, 1.82) is 0 Å². The first-order chi connectivity index (χ1) is 10.1. The lowest BCUT2D eigenvalue weighted by molar-refractivity contribution is -0.137. The molecule has 7 nitrogen and oxygen atoms in total. The lowest BCUT2D eigenvalue weighted by Gasteiger charge is -2.20. The van der Waals surface area contributed by atoms with Crippen LogP contribution in [-0.4, -0.2) is 34.4 Å². The van der Waals surface area contributed by atoms with Crippen LogP contribution in [0.1, 0.15) is 38.7 Å². The number of nitrogens with one attached hydrogen (secondary N) is 1. The fourth-order valence-electron chi connectivity index (χ4n) is 1.91. The SMILES string of the molecule is CC(C)(C)OC(=O)Nc1ccc(O)c(C(CN)CC(=O)O)c1. The number of carboxylic acid groups (broad SMARTS) is 1. The number of nitrogens with two attached hydrogens (primary N) is 1. The van der Waals surface area contributed by atoms with Crippen molar-refractivity contribution in [3.05, 3.63) is 23.8 Å². The van der Waals surface area contributed by atoms with Gasteiger partial charge in [0.2, 0.25) is 0 Å². The predicted molar refractivity (Wildman–Crippen MR) is 82.0 cm³/mol. The number of benzene rings is 1. The van der Waals surface area contributed by atoms with E-state index in [9.17, 15) is 14.7 Å². The Labute approximate surface area is 129 Å². The molecule has 0 aliphatic heterocycles. The highest BCUT2D eigenvalue weighted by molar-refractivity contribution is 5.85. The Morgan fingerprint density at radius 3 is 2.50 bits per heavy atom. The summed E-state index contributed by atoms with van der Waals surface area (Å²) in [5, 5.41) is 21.3. The Kier molecular flexibility index (Phi) is 5.76. The molecule has 0 aliphatic rings. The second-order valence-corrected chi connectivity index (χ2v) is 5.93. The van der Waals surface area contributed by atoms with Crippen LogP contribution in [0.15, 0.2) is 18.2 Å². The first-order valence-electron chi connectivity index (χ1n) is 6.87. The highest BCUT2D eigenvalue weighted by atomic mass is 16.6. The molecular formula is C15H22N2O5. The van der Waals surface area contributed by atoms with Crippen LogP contribution in [0.25, 0.3) is 0 Å². The Bertz CT molecular complexity index is 551. The third kappa shape index (κ3) is 5.61. The number of carboxylic acids is 1. The standard InChI is InChI=1S/C15H22N2O5/c1-15(2,3)22-14(21)17-10-4-5-12(18)11(7-10)9(8-16)6-13(19)20/h4-5,7,9,18H,6,8,16H2,1-3H3,(H,17,21)(H,19,20). The van der Waals surface area contributed by atoms with Crippen LogP contribution in [-0.2, 0) is 9.53 Å². The predicted octanol–water partition coefficient (Wildman–Crippen LogP) is 2.26. The minimum absolute atomic E-state index is 0.0635. The number of carbonyl (C=O) groups is 2. The minimum atomic E-state index is -1.01. The zero-order valence-electron chi connectivity index (χ0n) is 12.9. The summed E-state index contributed by atoms with van der Waals surface area (Å²) in [7, 11) is 0. The number of rotatable bonds is 5. The summed E-state index contributed by atoms with van der Waals surface area (Å²) < 4.78 is 5.13. The van der Waals surface area contributed by atoms with E-state index in [2.05, 4.69) is 5.32 Å². The van der Waals surface area contributed by atoms with Crippen molar-refractivity contribution < 1.29 is 24.5 Å². The maximum atomic E-state index is 11.7. The quantitative estimate of drug-likeness (QED) is 0.619. The van der Waals surface area contributed by atoms with E-state index in [4.69, 9.17) is 15.6 Å². The monoisotopic (exact) mass is 310 g/mol. The van der Waals surface area contributed by atoms with Crippen molar-refractivity contribution in [2.24, 2.45) is 5.73 Å². The first-order valence-corrected chi connectivity index (χ1v) is 6.87. The number of aliphatic carboxylic acids is 1. The van der Waals surface area contributed by atoms with Crippen molar-refractivity contribution in [3.8, 4) is 5.75 Å². The molecule has 1 aromatic carbocycles. The third-order valence-electron chi connectivity index (χ3n) is 2.82. The lowest BCUT2D eigenvalue weighted by Crippen LogP contribution is -2.27. The normalized spacial score (nSPS) is 12.5. The molecule has 1 atom stereocenters. The van der Waals surface area contributed by atoms with Crippen molar-refractivity contribution in [2.75, 3.05) is 11.9 Å². The summed E-state index contributed by atoms with van der Waals surface area (Å²) in [6.45, 7) is 5.29. The maximum absolute atomic E-state index is 11.7. The summed E-state index contributed by atoms with van der Waals surface area (Å²) in [4.78, 5) is 22.6. The highest BCUT2D eigenvalue weighted by Crippen LogP contribution is 2.30. The molecule has 0 spiro atoms. The van der Waals surface area contributed by atoms with Gasteiger partial charge in [-0.3, -0.25) is 10.1 Å². The van der Waals surface area contributed by atoms with Gasteiger partial charge in [-0.1, -0.05) is 0 Å². The van der Waals surface area contributed by atoms with E-state index in [0.29, 0.717) is 11.3 Å². The molecule has 1 rings (SSSR count). The van der Waals surface area contributed by atoms with E-state index >= 15 is 0 Å². The lowest BCUT2D eigenvalue weighted by atomic mass is 9.94. The molecule has 22 heavy (non-hydrogen) atoms. The zero-order valence-corrected chi connectivity index (χ0v) is 12.9. The van der Waals surface area contributed by atoms with Crippen LogP contribution >= 0.6 is 0 Å². The number of ether oxygens (including phenoxy) is 1. The maximum Gasteiger partial charge on any atom is 0.412 e. The highest BCUT2D eigenvalue weighted by Gasteiger charge is 2.20. The molecule has 0 heterocycles. The fourth-order valence-corrected chi connectivity index (χ4v) is 1.91. The molecule has 0 saturated carbocycles.